The van der Waals surface area contributed by atoms with Crippen molar-refractivity contribution in [3.8, 4) is 0 Å². The molecule has 6 nitrogen and oxygen atoms in total. The van der Waals surface area contributed by atoms with Gasteiger partial charge in [-0.2, -0.15) is 15.7 Å². The molecule has 0 spiro atoms. The predicted octanol–water partition coefficient (Wildman–Crippen LogP) is 4.44. The van der Waals surface area contributed by atoms with Crippen molar-refractivity contribution in [1.82, 2.24) is 5.48 Å². The highest BCUT2D eigenvalue weighted by Gasteiger charge is 2.12. The summed E-state index contributed by atoms with van der Waals surface area (Å²) >= 11 is 0. The molecule has 112 valence electrons. The van der Waals surface area contributed by atoms with Crippen molar-refractivity contribution in [2.24, 2.45) is 10.2 Å². The lowest BCUT2D eigenvalue weighted by Crippen LogP contribution is -2.20. The zero-order chi connectivity index (χ0) is 15.9. The molecule has 0 bridgehead atoms. The van der Waals surface area contributed by atoms with Crippen LogP contribution in [0.1, 0.15) is 15.9 Å². The Bertz CT molecular complexity index is 697. The predicted molar refractivity (Wildman–Crippen MR) is 83.9 cm³/mol. The van der Waals surface area contributed by atoms with Crippen molar-refractivity contribution in [1.29, 1.82) is 0 Å². The van der Waals surface area contributed by atoms with Gasteiger partial charge in [0.15, 0.2) is 6.66 Å². The third-order valence-corrected chi connectivity index (χ3v) is 3.06. The van der Waals surface area contributed by atoms with Crippen LogP contribution in [-0.2, 0) is 9.19 Å². The highest BCUT2D eigenvalue weighted by molar-refractivity contribution is 7.38. The van der Waals surface area contributed by atoms with Crippen molar-refractivity contribution < 1.29 is 14.0 Å². The molecule has 7 heteroatoms. The third-order valence-electron chi connectivity index (χ3n) is 2.71. The van der Waals surface area contributed by atoms with Gasteiger partial charge in [-0.25, -0.2) is 0 Å². The molecule has 22 heavy (non-hydrogen) atoms. The Kier molecular flexibility index (Phi) is 5.47. The Hall–Kier alpha value is -2.43. The second-order valence-corrected chi connectivity index (χ2v) is 5.61. The number of hydrogen-bond donors (Lipinski definition) is 1. The molecular formula is C15H15N3O3P+. The van der Waals surface area contributed by atoms with E-state index in [1.807, 2.05) is 31.2 Å². The molecule has 0 heterocycles. The number of amides is 1. The normalized spacial score (nSPS) is 11.5. The summed E-state index contributed by atoms with van der Waals surface area (Å²) in [5, 5.41) is 8.21. The summed E-state index contributed by atoms with van der Waals surface area (Å²) in [4.78, 5) is 11.7. The lowest BCUT2D eigenvalue weighted by molar-refractivity contribution is 0.0776. The van der Waals surface area contributed by atoms with E-state index in [4.69, 9.17) is 0 Å². The minimum absolute atomic E-state index is 0.381. The van der Waals surface area contributed by atoms with Crippen LogP contribution in [0.3, 0.4) is 0 Å². The standard InChI is InChI=1S/C15H14N3O3P/c1-11-3-7-13(8-4-11)16-17-14-9-5-12(6-10-14)15(19)18-21-22(2)20/h3-10H,1-2H3/p+1. The Morgan fingerprint density at radius 3 is 2.00 bits per heavy atom. The Labute approximate surface area is 129 Å². The van der Waals surface area contributed by atoms with Gasteiger partial charge >= 0.3 is 8.03 Å². The molecule has 0 saturated heterocycles. The smallest absolute Gasteiger partial charge is 0.267 e. The summed E-state index contributed by atoms with van der Waals surface area (Å²) in [6.45, 7) is 3.35. The van der Waals surface area contributed by atoms with Crippen molar-refractivity contribution in [3.05, 3.63) is 59.7 Å². The van der Waals surface area contributed by atoms with E-state index in [0.717, 1.165) is 11.3 Å². The van der Waals surface area contributed by atoms with E-state index in [9.17, 15) is 9.36 Å². The largest absolute Gasteiger partial charge is 0.528 e. The highest BCUT2D eigenvalue weighted by Crippen LogP contribution is 2.19. The monoisotopic (exact) mass is 316 g/mol. The van der Waals surface area contributed by atoms with Gasteiger partial charge in [0.1, 0.15) is 0 Å². The van der Waals surface area contributed by atoms with Crippen LogP contribution in [0.2, 0.25) is 0 Å². The summed E-state index contributed by atoms with van der Waals surface area (Å²) < 4.78 is 15.3. The van der Waals surface area contributed by atoms with Crippen LogP contribution < -0.4 is 5.48 Å². The number of azo groups is 1. The fraction of sp³-hybridized carbons (Fsp3) is 0.133. The second-order valence-electron chi connectivity index (χ2n) is 4.54. The minimum Gasteiger partial charge on any atom is -0.267 e. The quantitative estimate of drug-likeness (QED) is 0.503. The van der Waals surface area contributed by atoms with Crippen LogP contribution in [-0.4, -0.2) is 12.6 Å². The van der Waals surface area contributed by atoms with Gasteiger partial charge in [0.2, 0.25) is 0 Å². The fourth-order valence-electron chi connectivity index (χ4n) is 1.57. The number of benzene rings is 2. The molecule has 1 unspecified atom stereocenters. The number of aryl methyl sites for hydroxylation is 1. The molecule has 1 amide bonds. The van der Waals surface area contributed by atoms with Crippen LogP contribution in [0, 0.1) is 6.92 Å². The number of hydroxylamine groups is 1. The Morgan fingerprint density at radius 2 is 1.50 bits per heavy atom. The molecule has 0 aromatic heterocycles. The molecule has 0 fully saturated rings. The van der Waals surface area contributed by atoms with Crippen LogP contribution in [0.25, 0.3) is 0 Å². The van der Waals surface area contributed by atoms with Crippen molar-refractivity contribution in [2.45, 2.75) is 6.92 Å². The molecule has 1 N–H and O–H groups in total. The molecule has 0 aliphatic heterocycles. The van der Waals surface area contributed by atoms with E-state index in [1.165, 1.54) is 6.66 Å². The topological polar surface area (TPSA) is 80.1 Å². The van der Waals surface area contributed by atoms with Gasteiger partial charge in [-0.3, -0.25) is 4.79 Å². The van der Waals surface area contributed by atoms with Crippen LogP contribution in [0.15, 0.2) is 58.8 Å². The lowest BCUT2D eigenvalue weighted by atomic mass is 10.2. The summed E-state index contributed by atoms with van der Waals surface area (Å²) in [7, 11) is -1.88. The summed E-state index contributed by atoms with van der Waals surface area (Å²) in [5.74, 6) is -0.466. The number of nitrogens with one attached hydrogen (secondary N) is 1. The minimum atomic E-state index is -1.88. The molecular weight excluding hydrogens is 301 g/mol. The Morgan fingerprint density at radius 1 is 1.00 bits per heavy atom. The zero-order valence-corrected chi connectivity index (χ0v) is 13.1. The van der Waals surface area contributed by atoms with E-state index in [0.29, 0.717) is 11.3 Å². The number of nitrogens with zero attached hydrogens (tertiary/aromatic N) is 2. The van der Waals surface area contributed by atoms with Gasteiger partial charge in [-0.1, -0.05) is 17.7 Å². The lowest BCUT2D eigenvalue weighted by Gasteiger charge is -1.99. The van der Waals surface area contributed by atoms with Gasteiger partial charge in [-0.05, 0) is 52.5 Å². The Balaban J connectivity index is 2.01. The summed E-state index contributed by atoms with van der Waals surface area (Å²) in [6, 6.07) is 14.2. The maximum Gasteiger partial charge on any atom is 0.528 e. The molecule has 2 aromatic rings. The maximum absolute atomic E-state index is 11.7. The van der Waals surface area contributed by atoms with Crippen LogP contribution >= 0.6 is 8.03 Å². The van der Waals surface area contributed by atoms with Crippen molar-refractivity contribution in [2.75, 3.05) is 6.66 Å². The maximum atomic E-state index is 11.7. The van der Waals surface area contributed by atoms with Crippen molar-refractivity contribution in [3.63, 3.8) is 0 Å². The first-order valence-corrected chi connectivity index (χ1v) is 8.14. The first kappa shape index (κ1) is 15.9. The molecule has 0 aliphatic carbocycles. The highest BCUT2D eigenvalue weighted by atomic mass is 31.1. The van der Waals surface area contributed by atoms with E-state index < -0.39 is 13.9 Å². The number of rotatable bonds is 5. The van der Waals surface area contributed by atoms with Crippen LogP contribution in [0.4, 0.5) is 11.4 Å². The number of hydrogen-bond acceptors (Lipinski definition) is 5. The van der Waals surface area contributed by atoms with E-state index >= 15 is 0 Å². The molecule has 0 aliphatic rings. The third kappa shape index (κ3) is 4.84. The van der Waals surface area contributed by atoms with Crippen LogP contribution in [0.5, 0.6) is 0 Å². The zero-order valence-electron chi connectivity index (χ0n) is 12.2. The summed E-state index contributed by atoms with van der Waals surface area (Å²) in [5.41, 5.74) is 5.02. The van der Waals surface area contributed by atoms with Gasteiger partial charge in [0.25, 0.3) is 5.91 Å². The first-order chi connectivity index (χ1) is 10.5. The second kappa shape index (κ2) is 7.54. The summed E-state index contributed by atoms with van der Waals surface area (Å²) in [6.07, 6.45) is 0. The van der Waals surface area contributed by atoms with Crippen molar-refractivity contribution >= 4 is 25.3 Å². The van der Waals surface area contributed by atoms with E-state index in [2.05, 4.69) is 20.3 Å². The van der Waals surface area contributed by atoms with Gasteiger partial charge in [0.05, 0.1) is 11.4 Å². The van der Waals surface area contributed by atoms with Gasteiger partial charge in [0, 0.05) is 5.56 Å². The number of carbonyl (C=O) groups is 1. The molecule has 2 rings (SSSR count). The molecule has 1 atom stereocenters. The number of carbonyl (C=O) groups excluding carboxylic acids is 1. The first-order valence-electron chi connectivity index (χ1n) is 6.51. The molecule has 0 saturated carbocycles. The van der Waals surface area contributed by atoms with E-state index in [-0.39, 0.29) is 0 Å². The average Bonchev–Trinajstić information content (AvgIpc) is 2.52. The SMILES string of the molecule is Cc1ccc(N=Nc2ccc(C(=O)NO[P+](C)=O)cc2)cc1. The average molecular weight is 316 g/mol. The fourth-order valence-corrected chi connectivity index (χ4v) is 1.78. The molecule has 0 radical (unpaired) electrons. The van der Waals surface area contributed by atoms with Gasteiger partial charge in [-0.15, -0.1) is 0 Å². The molecule has 2 aromatic carbocycles. The van der Waals surface area contributed by atoms with Gasteiger partial charge < -0.3 is 0 Å². The van der Waals surface area contributed by atoms with E-state index in [1.54, 1.807) is 24.3 Å².